The molecule has 1 unspecified atom stereocenters. The van der Waals surface area contributed by atoms with Crippen molar-refractivity contribution in [2.75, 3.05) is 10.8 Å². The Bertz CT molecular complexity index is 1400. The summed E-state index contributed by atoms with van der Waals surface area (Å²) >= 11 is 18.3. The molecule has 0 saturated heterocycles. The number of hydrogen-bond donors (Lipinski definition) is 1. The van der Waals surface area contributed by atoms with E-state index in [1.165, 1.54) is 35.2 Å². The molecule has 0 aliphatic rings. The van der Waals surface area contributed by atoms with Crippen molar-refractivity contribution in [3.8, 4) is 0 Å². The van der Waals surface area contributed by atoms with Gasteiger partial charge in [-0.15, -0.1) is 0 Å². The molecule has 0 bridgehead atoms. The van der Waals surface area contributed by atoms with Gasteiger partial charge in [-0.05, 0) is 80.9 Å². The molecule has 11 heteroatoms. The predicted molar refractivity (Wildman–Crippen MR) is 152 cm³/mol. The molecule has 38 heavy (non-hydrogen) atoms. The minimum Gasteiger partial charge on any atom is -0.352 e. The lowest BCUT2D eigenvalue weighted by Gasteiger charge is -2.32. The highest BCUT2D eigenvalue weighted by molar-refractivity contribution is 7.92. The lowest BCUT2D eigenvalue weighted by atomic mass is 10.1. The van der Waals surface area contributed by atoms with Crippen LogP contribution in [0.5, 0.6) is 0 Å². The van der Waals surface area contributed by atoms with E-state index < -0.39 is 28.5 Å². The monoisotopic (exact) mass is 595 g/mol. The first-order chi connectivity index (χ1) is 17.9. The van der Waals surface area contributed by atoms with E-state index in [4.69, 9.17) is 34.8 Å². The van der Waals surface area contributed by atoms with Crippen LogP contribution >= 0.6 is 34.8 Å². The number of nitrogens with one attached hydrogen (secondary N) is 1. The highest BCUT2D eigenvalue weighted by Gasteiger charge is 2.32. The van der Waals surface area contributed by atoms with Crippen LogP contribution in [0.25, 0.3) is 0 Å². The average Bonchev–Trinajstić information content (AvgIpc) is 2.85. The first-order valence-corrected chi connectivity index (χ1v) is 14.3. The summed E-state index contributed by atoms with van der Waals surface area (Å²) in [4.78, 5) is 28.0. The molecule has 0 heterocycles. The third-order valence-electron chi connectivity index (χ3n) is 5.62. The number of anilines is 1. The second kappa shape index (κ2) is 12.8. The van der Waals surface area contributed by atoms with E-state index in [1.54, 1.807) is 49.4 Å². The van der Waals surface area contributed by atoms with E-state index >= 15 is 0 Å². The third-order valence-corrected chi connectivity index (χ3v) is 8.13. The molecule has 1 atom stereocenters. The molecule has 0 fully saturated rings. The minimum atomic E-state index is -4.21. The van der Waals surface area contributed by atoms with Gasteiger partial charge in [-0.3, -0.25) is 13.9 Å². The van der Waals surface area contributed by atoms with Crippen molar-refractivity contribution in [1.29, 1.82) is 0 Å². The number of nitrogens with zero attached hydrogens (tertiary/aromatic N) is 2. The maximum atomic E-state index is 13.8. The van der Waals surface area contributed by atoms with E-state index in [9.17, 15) is 18.0 Å². The molecule has 202 valence electrons. The summed E-state index contributed by atoms with van der Waals surface area (Å²) in [6.07, 6.45) is 0. The topological polar surface area (TPSA) is 86.8 Å². The summed E-state index contributed by atoms with van der Waals surface area (Å²) < 4.78 is 28.5. The molecule has 3 aromatic rings. The van der Waals surface area contributed by atoms with E-state index in [-0.39, 0.29) is 29.1 Å². The Morgan fingerprint density at radius 3 is 2.03 bits per heavy atom. The van der Waals surface area contributed by atoms with Crippen LogP contribution in [0.1, 0.15) is 26.3 Å². The second-order valence-corrected chi connectivity index (χ2v) is 12.1. The van der Waals surface area contributed by atoms with Crippen LogP contribution in [0, 0.1) is 0 Å². The zero-order valence-electron chi connectivity index (χ0n) is 21.1. The van der Waals surface area contributed by atoms with Gasteiger partial charge in [-0.1, -0.05) is 53.0 Å². The number of carbonyl (C=O) groups excluding carboxylic acids is 2. The number of rotatable bonds is 10. The predicted octanol–water partition coefficient (Wildman–Crippen LogP) is 5.78. The normalized spacial score (nSPS) is 12.2. The molecule has 0 radical (unpaired) electrons. The van der Waals surface area contributed by atoms with Gasteiger partial charge < -0.3 is 10.2 Å². The van der Waals surface area contributed by atoms with Crippen molar-refractivity contribution < 1.29 is 18.0 Å². The molecule has 1 N–H and O–H groups in total. The Kier molecular flexibility index (Phi) is 10.1. The van der Waals surface area contributed by atoms with Crippen molar-refractivity contribution in [3.05, 3.63) is 93.4 Å². The van der Waals surface area contributed by atoms with E-state index in [1.807, 2.05) is 13.8 Å². The maximum absolute atomic E-state index is 13.8. The Hall–Kier alpha value is -2.78. The Labute approximate surface area is 238 Å². The first kappa shape index (κ1) is 29.8. The van der Waals surface area contributed by atoms with Gasteiger partial charge in [0, 0.05) is 27.7 Å². The number of hydrogen-bond acceptors (Lipinski definition) is 4. The van der Waals surface area contributed by atoms with Crippen LogP contribution in [0.15, 0.2) is 77.7 Å². The van der Waals surface area contributed by atoms with Gasteiger partial charge in [-0.2, -0.15) is 0 Å². The number of carbonyl (C=O) groups is 2. The standard InChI is InChI=1S/C27H28Cl3N3O4S/c1-18(2)31-27(35)19(3)32(16-20-6-4-7-22(29)14-20)26(34)17-33(24-9-5-8-23(30)15-24)38(36,37)25-12-10-21(28)11-13-25/h4-15,18-19H,16-17H2,1-3H3,(H,31,35). The molecular weight excluding hydrogens is 569 g/mol. The third kappa shape index (κ3) is 7.63. The molecule has 0 spiro atoms. The van der Waals surface area contributed by atoms with Crippen LogP contribution < -0.4 is 9.62 Å². The molecule has 3 aromatic carbocycles. The summed E-state index contributed by atoms with van der Waals surface area (Å²) in [5.41, 5.74) is 0.882. The van der Waals surface area contributed by atoms with Gasteiger partial charge in [0.15, 0.2) is 0 Å². The maximum Gasteiger partial charge on any atom is 0.264 e. The summed E-state index contributed by atoms with van der Waals surface area (Å²) in [5.74, 6) is -0.959. The van der Waals surface area contributed by atoms with Crippen LogP contribution in [0.2, 0.25) is 15.1 Å². The number of benzene rings is 3. The Morgan fingerprint density at radius 1 is 0.842 bits per heavy atom. The van der Waals surface area contributed by atoms with Crippen LogP contribution in [0.4, 0.5) is 5.69 Å². The van der Waals surface area contributed by atoms with Gasteiger partial charge in [0.2, 0.25) is 11.8 Å². The minimum absolute atomic E-state index is 0.0381. The van der Waals surface area contributed by atoms with Gasteiger partial charge in [0.1, 0.15) is 12.6 Å². The summed E-state index contributed by atoms with van der Waals surface area (Å²) in [7, 11) is -4.21. The van der Waals surface area contributed by atoms with E-state index in [0.29, 0.717) is 20.6 Å². The SMILES string of the molecule is CC(C)NC(=O)C(C)N(Cc1cccc(Cl)c1)C(=O)CN(c1cccc(Cl)c1)S(=O)(=O)c1ccc(Cl)cc1. The summed E-state index contributed by atoms with van der Waals surface area (Å²) in [6, 6.07) is 17.7. The number of halogens is 3. The zero-order valence-corrected chi connectivity index (χ0v) is 24.2. The average molecular weight is 597 g/mol. The first-order valence-electron chi connectivity index (χ1n) is 11.8. The largest absolute Gasteiger partial charge is 0.352 e. The van der Waals surface area contributed by atoms with Gasteiger partial charge in [-0.25, -0.2) is 8.42 Å². The van der Waals surface area contributed by atoms with Crippen molar-refractivity contribution in [2.45, 2.75) is 44.3 Å². The van der Waals surface area contributed by atoms with Gasteiger partial charge in [0.25, 0.3) is 10.0 Å². The molecule has 0 aromatic heterocycles. The van der Waals surface area contributed by atoms with Crippen molar-refractivity contribution in [1.82, 2.24) is 10.2 Å². The Balaban J connectivity index is 2.03. The molecule has 0 saturated carbocycles. The molecule has 7 nitrogen and oxygen atoms in total. The highest BCUT2D eigenvalue weighted by atomic mass is 35.5. The zero-order chi connectivity index (χ0) is 28.0. The van der Waals surface area contributed by atoms with Crippen LogP contribution in [-0.2, 0) is 26.2 Å². The van der Waals surface area contributed by atoms with Crippen molar-refractivity contribution in [3.63, 3.8) is 0 Å². The fraction of sp³-hybridized carbons (Fsp3) is 0.259. The summed E-state index contributed by atoms with van der Waals surface area (Å²) in [5, 5.41) is 3.95. The molecule has 0 aliphatic carbocycles. The van der Waals surface area contributed by atoms with Crippen LogP contribution in [0.3, 0.4) is 0 Å². The summed E-state index contributed by atoms with van der Waals surface area (Å²) in [6.45, 7) is 4.68. The lowest BCUT2D eigenvalue weighted by Crippen LogP contribution is -2.52. The van der Waals surface area contributed by atoms with Gasteiger partial charge in [0.05, 0.1) is 10.6 Å². The van der Waals surface area contributed by atoms with Crippen molar-refractivity contribution in [2.24, 2.45) is 0 Å². The highest BCUT2D eigenvalue weighted by Crippen LogP contribution is 2.27. The number of sulfonamides is 1. The van der Waals surface area contributed by atoms with E-state index in [2.05, 4.69) is 5.32 Å². The fourth-order valence-electron chi connectivity index (χ4n) is 3.71. The Morgan fingerprint density at radius 2 is 1.45 bits per heavy atom. The smallest absolute Gasteiger partial charge is 0.264 e. The lowest BCUT2D eigenvalue weighted by molar-refractivity contribution is -0.139. The van der Waals surface area contributed by atoms with Crippen molar-refractivity contribution >= 4 is 62.3 Å². The van der Waals surface area contributed by atoms with Gasteiger partial charge >= 0.3 is 0 Å². The number of amides is 2. The quantitative estimate of drug-likeness (QED) is 0.321. The molecule has 2 amide bonds. The second-order valence-electron chi connectivity index (χ2n) is 8.94. The van der Waals surface area contributed by atoms with Crippen LogP contribution in [-0.4, -0.2) is 43.8 Å². The molecule has 3 rings (SSSR count). The molecular formula is C27H28Cl3N3O4S. The van der Waals surface area contributed by atoms with E-state index in [0.717, 1.165) is 4.31 Å². The molecule has 0 aliphatic heterocycles. The fourth-order valence-corrected chi connectivity index (χ4v) is 5.64.